The lowest BCUT2D eigenvalue weighted by molar-refractivity contribution is 0.428. The van der Waals surface area contributed by atoms with E-state index in [1.165, 1.54) is 4.88 Å². The fraction of sp³-hybridized carbons (Fsp3) is 0.412. The highest BCUT2D eigenvalue weighted by molar-refractivity contribution is 7.99. The summed E-state index contributed by atoms with van der Waals surface area (Å²) in [4.78, 5) is 1.35. The molecule has 1 aliphatic rings. The lowest BCUT2D eigenvalue weighted by Gasteiger charge is -2.20. The van der Waals surface area contributed by atoms with Crippen LogP contribution in [0.1, 0.15) is 27.7 Å². The molecule has 0 bridgehead atoms. The van der Waals surface area contributed by atoms with Crippen molar-refractivity contribution in [3.8, 4) is 0 Å². The Hall–Kier alpha value is -0.820. The molecule has 0 radical (unpaired) electrons. The quantitative estimate of drug-likeness (QED) is 0.817. The molecular weight excluding hydrogens is 346 g/mol. The molecule has 2 heterocycles. The number of benzene rings is 1. The van der Waals surface area contributed by atoms with Gasteiger partial charge in [-0.3, -0.25) is 0 Å². The molecular formula is C17H21NO2S3. The summed E-state index contributed by atoms with van der Waals surface area (Å²) in [5.41, 5.74) is 1.97. The molecule has 0 aliphatic carbocycles. The van der Waals surface area contributed by atoms with E-state index in [1.54, 1.807) is 15.6 Å². The predicted molar refractivity (Wildman–Crippen MR) is 99.5 cm³/mol. The molecule has 0 saturated carbocycles. The number of sulfonamides is 1. The van der Waals surface area contributed by atoms with Gasteiger partial charge in [0.05, 0.1) is 5.75 Å². The molecule has 1 unspecified atom stereocenters. The van der Waals surface area contributed by atoms with E-state index in [9.17, 15) is 8.42 Å². The Bertz CT molecular complexity index is 741. The number of aryl methyl sites for hydroxylation is 1. The number of thioether (sulfide) groups is 1. The van der Waals surface area contributed by atoms with Gasteiger partial charge in [-0.25, -0.2) is 12.7 Å². The van der Waals surface area contributed by atoms with Gasteiger partial charge in [0.1, 0.15) is 0 Å². The van der Waals surface area contributed by atoms with Gasteiger partial charge < -0.3 is 0 Å². The largest absolute Gasteiger partial charge is 0.218 e. The van der Waals surface area contributed by atoms with Crippen molar-refractivity contribution < 1.29 is 8.42 Å². The molecule has 1 fully saturated rings. The van der Waals surface area contributed by atoms with Crippen molar-refractivity contribution in [2.24, 2.45) is 0 Å². The third-order valence-corrected chi connectivity index (χ3v) is 8.28. The minimum Gasteiger partial charge on any atom is -0.212 e. The molecule has 1 saturated heterocycles. The summed E-state index contributed by atoms with van der Waals surface area (Å²) in [6.07, 6.45) is 0.887. The molecule has 1 aromatic heterocycles. The first-order chi connectivity index (χ1) is 11.0. The molecule has 124 valence electrons. The van der Waals surface area contributed by atoms with Gasteiger partial charge in [0, 0.05) is 29.0 Å². The second-order valence-electron chi connectivity index (χ2n) is 5.81. The highest BCUT2D eigenvalue weighted by Crippen LogP contribution is 2.37. The summed E-state index contributed by atoms with van der Waals surface area (Å²) >= 11 is 3.64. The Labute approximate surface area is 146 Å². The number of hydrogen-bond donors (Lipinski definition) is 0. The molecule has 0 spiro atoms. The Kier molecular flexibility index (Phi) is 5.46. The van der Waals surface area contributed by atoms with Gasteiger partial charge in [-0.05, 0) is 30.4 Å². The third-order valence-electron chi connectivity index (χ3n) is 3.99. The molecule has 1 aromatic carbocycles. The van der Waals surface area contributed by atoms with Gasteiger partial charge >= 0.3 is 0 Å². The van der Waals surface area contributed by atoms with Crippen LogP contribution in [0.5, 0.6) is 0 Å². The van der Waals surface area contributed by atoms with E-state index in [-0.39, 0.29) is 5.75 Å². The predicted octanol–water partition coefficient (Wildman–Crippen LogP) is 4.07. The highest BCUT2D eigenvalue weighted by Gasteiger charge is 2.27. The topological polar surface area (TPSA) is 37.4 Å². The lowest BCUT2D eigenvalue weighted by atomic mass is 10.2. The van der Waals surface area contributed by atoms with E-state index < -0.39 is 10.0 Å². The van der Waals surface area contributed by atoms with E-state index >= 15 is 0 Å². The molecule has 2 aromatic rings. The van der Waals surface area contributed by atoms with Crippen LogP contribution < -0.4 is 0 Å². The average molecular weight is 368 g/mol. The van der Waals surface area contributed by atoms with Crippen molar-refractivity contribution in [1.29, 1.82) is 0 Å². The number of rotatable bonds is 4. The monoisotopic (exact) mass is 367 g/mol. The first-order valence-electron chi connectivity index (χ1n) is 7.73. The standard InChI is InChI=1S/C17H21NO2S3/c1-14-4-2-5-15(12-14)13-23(19,20)18-8-7-17(22-11-9-18)16-6-3-10-21-16/h2-6,10,12,17H,7-9,11,13H2,1H3. The minimum absolute atomic E-state index is 0.100. The summed E-state index contributed by atoms with van der Waals surface area (Å²) in [5.74, 6) is 0.957. The Morgan fingerprint density at radius 1 is 1.22 bits per heavy atom. The summed E-state index contributed by atoms with van der Waals surface area (Å²) < 4.78 is 27.1. The Morgan fingerprint density at radius 3 is 2.83 bits per heavy atom. The van der Waals surface area contributed by atoms with Crippen molar-refractivity contribution in [3.63, 3.8) is 0 Å². The maximum Gasteiger partial charge on any atom is 0.218 e. The zero-order valence-corrected chi connectivity index (χ0v) is 15.6. The maximum absolute atomic E-state index is 12.7. The van der Waals surface area contributed by atoms with Crippen molar-refractivity contribution in [3.05, 3.63) is 57.8 Å². The maximum atomic E-state index is 12.7. The number of thiophene rings is 1. The van der Waals surface area contributed by atoms with Gasteiger partial charge in [-0.15, -0.1) is 11.3 Å². The van der Waals surface area contributed by atoms with Crippen molar-refractivity contribution in [2.75, 3.05) is 18.8 Å². The molecule has 1 aliphatic heterocycles. The van der Waals surface area contributed by atoms with Crippen LogP contribution in [0.15, 0.2) is 41.8 Å². The molecule has 0 N–H and O–H groups in total. The first-order valence-corrected chi connectivity index (χ1v) is 11.3. The minimum atomic E-state index is -3.25. The van der Waals surface area contributed by atoms with Crippen LogP contribution in [0.3, 0.4) is 0 Å². The zero-order valence-electron chi connectivity index (χ0n) is 13.1. The van der Waals surface area contributed by atoms with Crippen molar-refractivity contribution in [2.45, 2.75) is 24.3 Å². The number of hydrogen-bond acceptors (Lipinski definition) is 4. The normalized spacial score (nSPS) is 20.3. The van der Waals surface area contributed by atoms with Crippen LogP contribution in [0.4, 0.5) is 0 Å². The Morgan fingerprint density at radius 2 is 2.09 bits per heavy atom. The van der Waals surface area contributed by atoms with E-state index in [0.717, 1.165) is 23.3 Å². The van der Waals surface area contributed by atoms with E-state index in [1.807, 2.05) is 43.0 Å². The summed E-state index contributed by atoms with van der Waals surface area (Å²) in [6.45, 7) is 3.22. The second kappa shape index (κ2) is 7.38. The van der Waals surface area contributed by atoms with Crippen LogP contribution in [0.25, 0.3) is 0 Å². The zero-order chi connectivity index (χ0) is 16.3. The van der Waals surface area contributed by atoms with Crippen LogP contribution in [0, 0.1) is 6.92 Å². The third kappa shape index (κ3) is 4.38. The van der Waals surface area contributed by atoms with Gasteiger partial charge in [0.15, 0.2) is 0 Å². The van der Waals surface area contributed by atoms with Gasteiger partial charge in [0.25, 0.3) is 0 Å². The highest BCUT2D eigenvalue weighted by atomic mass is 32.2. The molecule has 6 heteroatoms. The average Bonchev–Trinajstić information content (AvgIpc) is 2.90. The SMILES string of the molecule is Cc1cccc(CS(=O)(=O)N2CCSC(c3cccs3)CC2)c1. The van der Waals surface area contributed by atoms with E-state index in [2.05, 4.69) is 17.5 Å². The van der Waals surface area contributed by atoms with Gasteiger partial charge in [-0.2, -0.15) is 11.8 Å². The molecule has 3 nitrogen and oxygen atoms in total. The van der Waals surface area contributed by atoms with Crippen LogP contribution >= 0.6 is 23.1 Å². The first kappa shape index (κ1) is 17.0. The Balaban J connectivity index is 1.68. The lowest BCUT2D eigenvalue weighted by Crippen LogP contribution is -2.34. The van der Waals surface area contributed by atoms with Crippen LogP contribution in [-0.4, -0.2) is 31.6 Å². The van der Waals surface area contributed by atoms with Crippen molar-refractivity contribution >= 4 is 33.1 Å². The van der Waals surface area contributed by atoms with Gasteiger partial charge in [0.2, 0.25) is 10.0 Å². The molecule has 1 atom stereocenters. The van der Waals surface area contributed by atoms with E-state index in [0.29, 0.717) is 18.3 Å². The molecule has 0 amide bonds. The summed E-state index contributed by atoms with van der Waals surface area (Å²) in [5, 5.41) is 2.52. The number of nitrogens with zero attached hydrogens (tertiary/aromatic N) is 1. The van der Waals surface area contributed by atoms with E-state index in [4.69, 9.17) is 0 Å². The fourth-order valence-electron chi connectivity index (χ4n) is 2.83. The smallest absolute Gasteiger partial charge is 0.212 e. The summed E-state index contributed by atoms with van der Waals surface area (Å²) in [7, 11) is -3.25. The van der Waals surface area contributed by atoms with Crippen LogP contribution in [0.2, 0.25) is 0 Å². The second-order valence-corrected chi connectivity index (χ2v) is 10.1. The summed E-state index contributed by atoms with van der Waals surface area (Å²) in [6, 6.07) is 12.0. The van der Waals surface area contributed by atoms with Gasteiger partial charge in [-0.1, -0.05) is 35.9 Å². The molecule has 23 heavy (non-hydrogen) atoms. The van der Waals surface area contributed by atoms with Crippen LogP contribution in [-0.2, 0) is 15.8 Å². The van der Waals surface area contributed by atoms with Crippen molar-refractivity contribution in [1.82, 2.24) is 4.31 Å². The fourth-order valence-corrected chi connectivity index (χ4v) is 6.72. The molecule has 3 rings (SSSR count).